The first kappa shape index (κ1) is 15.6. The van der Waals surface area contributed by atoms with Crippen molar-refractivity contribution < 1.29 is 4.79 Å². The molecule has 4 rings (SSSR count). The van der Waals surface area contributed by atoms with Gasteiger partial charge in [0.1, 0.15) is 0 Å². The highest BCUT2D eigenvalue weighted by Gasteiger charge is 2.29. The van der Waals surface area contributed by atoms with Crippen LogP contribution in [-0.4, -0.2) is 16.6 Å². The molecule has 3 aromatic rings. The summed E-state index contributed by atoms with van der Waals surface area (Å²) in [5, 5.41) is 5.40. The minimum absolute atomic E-state index is 0.0488. The topological polar surface area (TPSA) is 57.2 Å². The highest BCUT2D eigenvalue weighted by molar-refractivity contribution is 6.07. The number of fused-ring (bicyclic) bond motifs is 1. The Balaban J connectivity index is 1.66. The summed E-state index contributed by atoms with van der Waals surface area (Å²) in [7, 11) is 0. The van der Waals surface area contributed by atoms with Crippen LogP contribution in [0, 0.1) is 0 Å². The third kappa shape index (κ3) is 2.84. The number of H-pyrrole nitrogens is 1. The van der Waals surface area contributed by atoms with E-state index in [1.54, 1.807) is 0 Å². The van der Waals surface area contributed by atoms with Gasteiger partial charge in [-0.1, -0.05) is 56.3 Å². The van der Waals surface area contributed by atoms with Gasteiger partial charge in [-0.2, -0.15) is 5.10 Å². The molecule has 1 aromatic heterocycles. The molecule has 0 saturated heterocycles. The Morgan fingerprint density at radius 1 is 1.08 bits per heavy atom. The Morgan fingerprint density at radius 2 is 1.84 bits per heavy atom. The minimum Gasteiger partial charge on any atom is -0.361 e. The molecule has 0 radical (unpaired) electrons. The molecule has 0 spiro atoms. The lowest BCUT2D eigenvalue weighted by Crippen LogP contribution is -2.33. The fourth-order valence-electron chi connectivity index (χ4n) is 3.41. The maximum absolute atomic E-state index is 12.4. The van der Waals surface area contributed by atoms with Gasteiger partial charge in [0.25, 0.3) is 0 Å². The molecule has 4 nitrogen and oxygen atoms in total. The van der Waals surface area contributed by atoms with E-state index in [0.717, 1.165) is 27.7 Å². The Morgan fingerprint density at radius 3 is 2.60 bits per heavy atom. The highest BCUT2D eigenvalue weighted by atomic mass is 16.2. The number of nitrogens with one attached hydrogen (secondary N) is 2. The van der Waals surface area contributed by atoms with Gasteiger partial charge < -0.3 is 4.98 Å². The Labute approximate surface area is 147 Å². The van der Waals surface area contributed by atoms with E-state index in [2.05, 4.69) is 59.7 Å². The number of hydrazone groups is 1. The zero-order valence-electron chi connectivity index (χ0n) is 14.4. The Hall–Kier alpha value is -2.88. The van der Waals surface area contributed by atoms with Gasteiger partial charge in [-0.15, -0.1) is 0 Å². The molecule has 0 saturated carbocycles. The molecule has 126 valence electrons. The Bertz CT molecular complexity index is 951. The molecule has 0 aliphatic carbocycles. The lowest BCUT2D eigenvalue weighted by Gasteiger charge is -2.21. The average Bonchev–Trinajstić information content (AvgIpc) is 3.06. The van der Waals surface area contributed by atoms with Gasteiger partial charge in [0.05, 0.1) is 11.6 Å². The number of aromatic nitrogens is 1. The molecule has 25 heavy (non-hydrogen) atoms. The molecular weight excluding hydrogens is 310 g/mol. The van der Waals surface area contributed by atoms with Gasteiger partial charge in [-0.05, 0) is 28.7 Å². The molecule has 1 aliphatic rings. The second kappa shape index (κ2) is 6.20. The van der Waals surface area contributed by atoms with E-state index < -0.39 is 0 Å². The van der Waals surface area contributed by atoms with Crippen molar-refractivity contribution in [2.45, 2.75) is 32.1 Å². The first-order valence-electron chi connectivity index (χ1n) is 8.66. The van der Waals surface area contributed by atoms with Gasteiger partial charge in [0.15, 0.2) is 0 Å². The molecule has 0 fully saturated rings. The van der Waals surface area contributed by atoms with Crippen molar-refractivity contribution >= 4 is 22.5 Å². The Kier molecular flexibility index (Phi) is 3.88. The molecule has 1 atom stereocenters. The standard InChI is InChI=1S/C21H21N3O/c1-13(2)14-7-9-15(10-8-14)20-11-17(21(25)24-23-20)18-12-22-19-6-4-3-5-16(18)19/h3-10,12-13,17,22H,11H2,1-2H3,(H,24,25)/t17-/m0/s1. The van der Waals surface area contributed by atoms with Crippen LogP contribution < -0.4 is 5.43 Å². The van der Waals surface area contributed by atoms with E-state index in [0.29, 0.717) is 12.3 Å². The lowest BCUT2D eigenvalue weighted by atomic mass is 9.88. The molecule has 2 N–H and O–H groups in total. The van der Waals surface area contributed by atoms with Crippen LogP contribution in [0.3, 0.4) is 0 Å². The second-order valence-electron chi connectivity index (χ2n) is 6.86. The van der Waals surface area contributed by atoms with Crippen LogP contribution in [0.5, 0.6) is 0 Å². The molecule has 1 amide bonds. The van der Waals surface area contributed by atoms with Gasteiger partial charge >= 0.3 is 0 Å². The largest absolute Gasteiger partial charge is 0.361 e. The number of amides is 1. The lowest BCUT2D eigenvalue weighted by molar-refractivity contribution is -0.122. The predicted octanol–water partition coefficient (Wildman–Crippen LogP) is 4.30. The number of aromatic amines is 1. The minimum atomic E-state index is -0.228. The monoisotopic (exact) mass is 331 g/mol. The molecule has 2 aromatic carbocycles. The summed E-state index contributed by atoms with van der Waals surface area (Å²) in [5.74, 6) is 0.224. The van der Waals surface area contributed by atoms with Gasteiger partial charge in [-0.25, -0.2) is 5.43 Å². The molecule has 0 bridgehead atoms. The normalized spacial score (nSPS) is 17.6. The van der Waals surface area contributed by atoms with Crippen LogP contribution in [0.25, 0.3) is 10.9 Å². The maximum Gasteiger partial charge on any atom is 0.248 e. The number of rotatable bonds is 3. The summed E-state index contributed by atoms with van der Waals surface area (Å²) in [6, 6.07) is 16.5. The van der Waals surface area contributed by atoms with Crippen LogP contribution >= 0.6 is 0 Å². The van der Waals surface area contributed by atoms with E-state index in [4.69, 9.17) is 0 Å². The van der Waals surface area contributed by atoms with E-state index in [1.165, 1.54) is 5.56 Å². The summed E-state index contributed by atoms with van der Waals surface area (Å²) in [6.07, 6.45) is 2.55. The van der Waals surface area contributed by atoms with E-state index in [-0.39, 0.29) is 11.8 Å². The number of nitrogens with zero attached hydrogens (tertiary/aromatic N) is 1. The number of carbonyl (C=O) groups is 1. The zero-order valence-corrected chi connectivity index (χ0v) is 14.4. The first-order chi connectivity index (χ1) is 12.1. The molecule has 2 heterocycles. The summed E-state index contributed by atoms with van der Waals surface area (Å²) in [6.45, 7) is 4.36. The summed E-state index contributed by atoms with van der Waals surface area (Å²) < 4.78 is 0. The number of para-hydroxylation sites is 1. The average molecular weight is 331 g/mol. The smallest absolute Gasteiger partial charge is 0.248 e. The van der Waals surface area contributed by atoms with Crippen molar-refractivity contribution in [3.63, 3.8) is 0 Å². The van der Waals surface area contributed by atoms with Crippen LogP contribution in [0.15, 0.2) is 59.8 Å². The van der Waals surface area contributed by atoms with Crippen molar-refractivity contribution in [3.05, 3.63) is 71.4 Å². The van der Waals surface area contributed by atoms with Crippen molar-refractivity contribution in [2.75, 3.05) is 0 Å². The van der Waals surface area contributed by atoms with Crippen LogP contribution in [0.4, 0.5) is 0 Å². The second-order valence-corrected chi connectivity index (χ2v) is 6.86. The summed E-state index contributed by atoms with van der Waals surface area (Å²) >= 11 is 0. The third-order valence-corrected chi connectivity index (χ3v) is 4.92. The van der Waals surface area contributed by atoms with E-state index in [1.807, 2.05) is 24.4 Å². The number of hydrogen-bond donors (Lipinski definition) is 2. The fourth-order valence-corrected chi connectivity index (χ4v) is 3.41. The summed E-state index contributed by atoms with van der Waals surface area (Å²) in [5.41, 5.74) is 8.07. The number of benzene rings is 2. The van der Waals surface area contributed by atoms with Crippen molar-refractivity contribution in [3.8, 4) is 0 Å². The maximum atomic E-state index is 12.4. The summed E-state index contributed by atoms with van der Waals surface area (Å²) in [4.78, 5) is 15.7. The van der Waals surface area contributed by atoms with Crippen molar-refractivity contribution in [1.82, 2.24) is 10.4 Å². The third-order valence-electron chi connectivity index (χ3n) is 4.92. The van der Waals surface area contributed by atoms with Crippen LogP contribution in [0.2, 0.25) is 0 Å². The molecular formula is C21H21N3O. The van der Waals surface area contributed by atoms with E-state index in [9.17, 15) is 4.79 Å². The van der Waals surface area contributed by atoms with Crippen LogP contribution in [0.1, 0.15) is 48.8 Å². The molecule has 0 unspecified atom stereocenters. The zero-order chi connectivity index (χ0) is 17.4. The predicted molar refractivity (Wildman–Crippen MR) is 101 cm³/mol. The van der Waals surface area contributed by atoms with Gasteiger partial charge in [-0.3, -0.25) is 4.79 Å². The van der Waals surface area contributed by atoms with Gasteiger partial charge in [0, 0.05) is 23.5 Å². The highest BCUT2D eigenvalue weighted by Crippen LogP contribution is 2.31. The number of hydrogen-bond acceptors (Lipinski definition) is 2. The first-order valence-corrected chi connectivity index (χ1v) is 8.66. The quantitative estimate of drug-likeness (QED) is 0.738. The molecule has 1 aliphatic heterocycles. The van der Waals surface area contributed by atoms with Crippen LogP contribution in [-0.2, 0) is 4.79 Å². The SMILES string of the molecule is CC(C)c1ccc(C2=NNC(=O)[C@H](c3c[nH]c4ccccc34)C2)cc1. The van der Waals surface area contributed by atoms with Crippen molar-refractivity contribution in [1.29, 1.82) is 0 Å². The van der Waals surface area contributed by atoms with Gasteiger partial charge in [0.2, 0.25) is 5.91 Å². The van der Waals surface area contributed by atoms with E-state index >= 15 is 0 Å². The van der Waals surface area contributed by atoms with Crippen molar-refractivity contribution in [2.24, 2.45) is 5.10 Å². The number of carbonyl (C=O) groups excluding carboxylic acids is 1. The fraction of sp³-hybridized carbons (Fsp3) is 0.238. The molecule has 4 heteroatoms.